The van der Waals surface area contributed by atoms with Crippen LogP contribution in [0, 0.1) is 0 Å². The first-order chi connectivity index (χ1) is 5.52. The number of rotatable bonds is 6. The number of nitrogens with zero attached hydrogens (tertiary/aromatic N) is 1. The second-order valence-corrected chi connectivity index (χ2v) is 3.81. The largest absolute Gasteiger partial charge is 1.00 e. The van der Waals surface area contributed by atoms with Gasteiger partial charge in [-0.15, -0.1) is 0 Å². The van der Waals surface area contributed by atoms with Crippen molar-refractivity contribution in [2.75, 3.05) is 19.7 Å². The molecule has 0 saturated heterocycles. The van der Waals surface area contributed by atoms with Crippen LogP contribution in [0.5, 0.6) is 0 Å². The van der Waals surface area contributed by atoms with Gasteiger partial charge in [0.1, 0.15) is 0 Å². The van der Waals surface area contributed by atoms with E-state index in [-0.39, 0.29) is 71.1 Å². The predicted octanol–water partition coefficient (Wildman–Crippen LogP) is -3.45. The Morgan fingerprint density at radius 2 is 1.92 bits per heavy atom. The molecule has 74 valence electrons. The summed E-state index contributed by atoms with van der Waals surface area (Å²) in [6.45, 7) is 1.68. The van der Waals surface area contributed by atoms with Crippen LogP contribution in [0.15, 0.2) is 0 Å². The molecule has 7 heteroatoms. The quantitative estimate of drug-likeness (QED) is 0.383. The molecular formula is C6H14KNO4S. The van der Waals surface area contributed by atoms with Gasteiger partial charge in [-0.25, -0.2) is 12.7 Å². The van der Waals surface area contributed by atoms with E-state index in [2.05, 4.69) is 0 Å². The molecule has 0 aromatic carbocycles. The monoisotopic (exact) mass is 235 g/mol. The molecule has 0 unspecified atom stereocenters. The van der Waals surface area contributed by atoms with Crippen LogP contribution in [-0.4, -0.2) is 42.1 Å². The van der Waals surface area contributed by atoms with E-state index in [0.717, 1.165) is 10.7 Å². The summed E-state index contributed by atoms with van der Waals surface area (Å²) in [5.41, 5.74) is 0. The summed E-state index contributed by atoms with van der Waals surface area (Å²) in [7, 11) is -4.38. The molecule has 0 radical (unpaired) electrons. The zero-order valence-corrected chi connectivity index (χ0v) is 12.0. The van der Waals surface area contributed by atoms with Gasteiger partial charge in [-0.1, -0.05) is 13.3 Å². The Morgan fingerprint density at radius 3 is 2.23 bits per heavy atom. The molecule has 0 rings (SSSR count). The maximum absolute atomic E-state index is 10.5. The maximum atomic E-state index is 10.5. The number of hydrogen-bond acceptors (Lipinski definition) is 4. The number of hydrogen-bond donors (Lipinski definition) is 1. The van der Waals surface area contributed by atoms with Gasteiger partial charge in [0.05, 0.1) is 6.61 Å². The molecule has 0 spiro atoms. The van der Waals surface area contributed by atoms with Crippen molar-refractivity contribution in [1.82, 2.24) is 4.31 Å². The third kappa shape index (κ3) is 8.46. The van der Waals surface area contributed by atoms with E-state index in [1.165, 1.54) is 0 Å². The summed E-state index contributed by atoms with van der Waals surface area (Å²) in [5.74, 6) is 0. The van der Waals surface area contributed by atoms with Gasteiger partial charge in [-0.05, 0) is 6.42 Å². The zero-order valence-electron chi connectivity index (χ0n) is 8.06. The molecule has 0 aromatic rings. The fraction of sp³-hybridized carbons (Fsp3) is 1.00. The molecule has 1 N–H and O–H groups in total. The van der Waals surface area contributed by atoms with Crippen LogP contribution in [0.4, 0.5) is 0 Å². The van der Waals surface area contributed by atoms with E-state index in [4.69, 9.17) is 5.11 Å². The molecule has 0 aromatic heterocycles. The Morgan fingerprint density at radius 1 is 1.38 bits per heavy atom. The Hall–Kier alpha value is 1.47. The minimum atomic E-state index is -4.38. The number of aliphatic hydroxyl groups is 1. The Bertz CT molecular complexity index is 207. The van der Waals surface area contributed by atoms with E-state index in [0.29, 0.717) is 6.42 Å². The molecule has 0 saturated carbocycles. The fourth-order valence-electron chi connectivity index (χ4n) is 0.781. The molecule has 0 aliphatic carbocycles. The van der Waals surface area contributed by atoms with Crippen molar-refractivity contribution in [3.05, 3.63) is 0 Å². The van der Waals surface area contributed by atoms with Crippen LogP contribution < -0.4 is 51.4 Å². The average Bonchev–Trinajstić information content (AvgIpc) is 1.95. The van der Waals surface area contributed by atoms with Crippen molar-refractivity contribution in [2.24, 2.45) is 0 Å². The summed E-state index contributed by atoms with van der Waals surface area (Å²) < 4.78 is 32.2. The first-order valence-corrected chi connectivity index (χ1v) is 5.20. The molecule has 0 heterocycles. The molecule has 0 aliphatic heterocycles. The SMILES string of the molecule is CCCCN(CCO)S(=O)(=O)[O-].[K+]. The first-order valence-electron chi connectivity index (χ1n) is 3.84. The summed E-state index contributed by atoms with van der Waals surface area (Å²) in [5, 5.41) is 8.45. The molecular weight excluding hydrogens is 221 g/mol. The summed E-state index contributed by atoms with van der Waals surface area (Å²) in [6.07, 6.45) is 1.46. The van der Waals surface area contributed by atoms with Gasteiger partial charge in [0.2, 0.25) is 0 Å². The fourth-order valence-corrected chi connectivity index (χ4v) is 1.44. The minimum Gasteiger partial charge on any atom is -0.735 e. The third-order valence-electron chi connectivity index (χ3n) is 1.43. The van der Waals surface area contributed by atoms with Gasteiger partial charge >= 0.3 is 51.4 Å². The molecule has 0 amide bonds. The number of aliphatic hydroxyl groups excluding tert-OH is 1. The van der Waals surface area contributed by atoms with Crippen molar-refractivity contribution >= 4 is 10.3 Å². The van der Waals surface area contributed by atoms with E-state index in [1.54, 1.807) is 0 Å². The second-order valence-electron chi connectivity index (χ2n) is 2.43. The standard InChI is InChI=1S/C6H15NO4S.K/c1-2-3-4-7(5-6-8)12(9,10)11;/h8H,2-6H2,1H3,(H,9,10,11);/q;+1/p-1. The first kappa shape index (κ1) is 16.9. The van der Waals surface area contributed by atoms with Crippen LogP contribution in [0.1, 0.15) is 19.8 Å². The summed E-state index contributed by atoms with van der Waals surface area (Å²) in [4.78, 5) is 0. The van der Waals surface area contributed by atoms with E-state index in [9.17, 15) is 13.0 Å². The van der Waals surface area contributed by atoms with Crippen molar-refractivity contribution in [3.63, 3.8) is 0 Å². The molecule has 0 bridgehead atoms. The van der Waals surface area contributed by atoms with Gasteiger partial charge in [0.15, 0.2) is 10.3 Å². The predicted molar refractivity (Wildman–Crippen MR) is 43.3 cm³/mol. The summed E-state index contributed by atoms with van der Waals surface area (Å²) in [6, 6.07) is 0. The minimum absolute atomic E-state index is 0. The Labute approximate surface area is 122 Å². The van der Waals surface area contributed by atoms with Crippen molar-refractivity contribution in [3.8, 4) is 0 Å². The van der Waals surface area contributed by atoms with Gasteiger partial charge in [0.25, 0.3) is 0 Å². The van der Waals surface area contributed by atoms with E-state index in [1.807, 2.05) is 6.92 Å². The maximum Gasteiger partial charge on any atom is 1.00 e. The molecule has 5 nitrogen and oxygen atoms in total. The molecule has 0 aliphatic rings. The zero-order chi connectivity index (χ0) is 9.61. The van der Waals surface area contributed by atoms with Gasteiger partial charge in [-0.2, -0.15) is 0 Å². The van der Waals surface area contributed by atoms with Crippen LogP contribution in [0.2, 0.25) is 0 Å². The van der Waals surface area contributed by atoms with Gasteiger partial charge in [0, 0.05) is 13.1 Å². The molecule has 0 fully saturated rings. The second kappa shape index (κ2) is 8.75. The number of unbranched alkanes of at least 4 members (excludes halogenated alkanes) is 1. The van der Waals surface area contributed by atoms with Crippen molar-refractivity contribution in [1.29, 1.82) is 0 Å². The van der Waals surface area contributed by atoms with Crippen molar-refractivity contribution in [2.45, 2.75) is 19.8 Å². The average molecular weight is 235 g/mol. The van der Waals surface area contributed by atoms with Gasteiger partial charge < -0.3 is 9.66 Å². The van der Waals surface area contributed by atoms with Gasteiger partial charge in [-0.3, -0.25) is 0 Å². The Kier molecular flexibility index (Phi) is 11.4. The smallest absolute Gasteiger partial charge is 0.735 e. The topological polar surface area (TPSA) is 80.7 Å². The van der Waals surface area contributed by atoms with Crippen LogP contribution in [-0.2, 0) is 10.3 Å². The van der Waals surface area contributed by atoms with Crippen LogP contribution in [0.25, 0.3) is 0 Å². The third-order valence-corrected chi connectivity index (χ3v) is 2.42. The van der Waals surface area contributed by atoms with Crippen LogP contribution >= 0.6 is 0 Å². The molecule has 0 atom stereocenters. The summed E-state index contributed by atoms with van der Waals surface area (Å²) >= 11 is 0. The molecule has 13 heavy (non-hydrogen) atoms. The normalized spacial score (nSPS) is 11.4. The van der Waals surface area contributed by atoms with E-state index >= 15 is 0 Å². The van der Waals surface area contributed by atoms with E-state index < -0.39 is 10.3 Å². The Balaban J connectivity index is 0. The van der Waals surface area contributed by atoms with Crippen LogP contribution in [0.3, 0.4) is 0 Å². The van der Waals surface area contributed by atoms with Crippen molar-refractivity contribution < 1.29 is 69.5 Å².